The Kier molecular flexibility index (Phi) is 3.99. The van der Waals surface area contributed by atoms with E-state index in [1.165, 1.54) is 5.56 Å². The molecule has 0 aliphatic carbocycles. The number of nitrogens with two attached hydrogens (primary N) is 1. The molecule has 1 aliphatic rings. The third-order valence-corrected chi connectivity index (χ3v) is 4.01. The molecular formula is C14H22N3O+. The van der Waals surface area contributed by atoms with Gasteiger partial charge < -0.3 is 5.73 Å². The van der Waals surface area contributed by atoms with Gasteiger partial charge in [-0.1, -0.05) is 30.3 Å². The van der Waals surface area contributed by atoms with Crippen molar-refractivity contribution in [2.24, 2.45) is 5.73 Å². The van der Waals surface area contributed by atoms with Crippen LogP contribution in [0.5, 0.6) is 0 Å². The van der Waals surface area contributed by atoms with Crippen LogP contribution in [0.4, 0.5) is 4.79 Å². The number of carbonyl (C=O) groups excluding carboxylic acids is 1. The number of hydrogen-bond donors (Lipinski definition) is 1. The second-order valence-electron chi connectivity index (χ2n) is 5.01. The third kappa shape index (κ3) is 2.71. The van der Waals surface area contributed by atoms with Crippen molar-refractivity contribution < 1.29 is 9.28 Å². The highest BCUT2D eigenvalue weighted by molar-refractivity contribution is 5.64. The summed E-state index contributed by atoms with van der Waals surface area (Å²) in [7, 11) is 0. The zero-order chi connectivity index (χ0) is 13.0. The molecule has 1 fully saturated rings. The number of carbonyl (C=O) groups is 1. The molecule has 0 atom stereocenters. The fourth-order valence-corrected chi connectivity index (χ4v) is 2.58. The molecule has 0 bridgehead atoms. The Hall–Kier alpha value is -1.39. The van der Waals surface area contributed by atoms with E-state index in [1.807, 2.05) is 13.0 Å². The van der Waals surface area contributed by atoms with Crippen molar-refractivity contribution >= 4 is 6.03 Å². The molecule has 1 aromatic rings. The maximum absolute atomic E-state index is 11.5. The Morgan fingerprint density at radius 1 is 1.28 bits per heavy atom. The van der Waals surface area contributed by atoms with Gasteiger partial charge >= 0.3 is 6.03 Å². The van der Waals surface area contributed by atoms with Gasteiger partial charge in [-0.05, 0) is 12.5 Å². The van der Waals surface area contributed by atoms with E-state index in [9.17, 15) is 4.79 Å². The van der Waals surface area contributed by atoms with Crippen LogP contribution in [-0.4, -0.2) is 48.1 Å². The molecule has 0 saturated carbocycles. The van der Waals surface area contributed by atoms with E-state index in [0.29, 0.717) is 4.48 Å². The van der Waals surface area contributed by atoms with Gasteiger partial charge in [0.15, 0.2) is 0 Å². The lowest BCUT2D eigenvalue weighted by Gasteiger charge is -2.40. The van der Waals surface area contributed by atoms with Gasteiger partial charge in [0, 0.05) is 19.6 Å². The molecule has 0 spiro atoms. The first kappa shape index (κ1) is 13.1. The van der Waals surface area contributed by atoms with Crippen molar-refractivity contribution in [2.45, 2.75) is 13.5 Å². The molecule has 2 rings (SSSR count). The molecule has 1 aliphatic heterocycles. The van der Waals surface area contributed by atoms with Crippen LogP contribution in [0.3, 0.4) is 0 Å². The van der Waals surface area contributed by atoms with Crippen LogP contribution in [0.2, 0.25) is 0 Å². The van der Waals surface area contributed by atoms with E-state index < -0.39 is 0 Å². The van der Waals surface area contributed by atoms with Crippen LogP contribution in [0.1, 0.15) is 12.5 Å². The average Bonchev–Trinajstić information content (AvgIpc) is 2.41. The van der Waals surface area contributed by atoms with E-state index in [1.54, 1.807) is 0 Å². The van der Waals surface area contributed by atoms with Crippen LogP contribution in [-0.2, 0) is 6.54 Å². The van der Waals surface area contributed by atoms with Gasteiger partial charge in [0.2, 0.25) is 0 Å². The fraction of sp³-hybridized carbons (Fsp3) is 0.500. The van der Waals surface area contributed by atoms with Crippen LogP contribution in [0.25, 0.3) is 0 Å². The molecule has 2 N–H and O–H groups in total. The smallest absolute Gasteiger partial charge is 0.319 e. The van der Waals surface area contributed by atoms with Crippen molar-refractivity contribution in [3.05, 3.63) is 35.9 Å². The Bertz CT molecular complexity index is 397. The van der Waals surface area contributed by atoms with Crippen molar-refractivity contribution in [1.29, 1.82) is 0 Å². The zero-order valence-electron chi connectivity index (χ0n) is 11.0. The molecule has 1 heterocycles. The number of piperazine rings is 1. The molecule has 98 valence electrons. The lowest BCUT2D eigenvalue weighted by atomic mass is 10.2. The van der Waals surface area contributed by atoms with E-state index in [-0.39, 0.29) is 6.03 Å². The summed E-state index contributed by atoms with van der Waals surface area (Å²) in [4.78, 5) is 13.9. The SMILES string of the molecule is CC[N+]1(C(N)=O)CCN(Cc2ccccc2)CC1. The highest BCUT2D eigenvalue weighted by Gasteiger charge is 2.36. The summed E-state index contributed by atoms with van der Waals surface area (Å²) in [5, 5.41) is 0. The van der Waals surface area contributed by atoms with Crippen LogP contribution in [0, 0.1) is 0 Å². The number of quaternary nitrogens is 1. The summed E-state index contributed by atoms with van der Waals surface area (Å²) in [6, 6.07) is 10.3. The highest BCUT2D eigenvalue weighted by atomic mass is 16.2. The van der Waals surface area contributed by atoms with Crippen LogP contribution >= 0.6 is 0 Å². The number of hydrogen-bond acceptors (Lipinski definition) is 2. The van der Waals surface area contributed by atoms with Gasteiger partial charge in [-0.3, -0.25) is 4.90 Å². The van der Waals surface area contributed by atoms with Gasteiger partial charge in [0.25, 0.3) is 0 Å². The number of benzene rings is 1. The minimum absolute atomic E-state index is 0.183. The minimum Gasteiger partial charge on any atom is -0.319 e. The highest BCUT2D eigenvalue weighted by Crippen LogP contribution is 2.15. The molecular weight excluding hydrogens is 226 g/mol. The summed E-state index contributed by atoms with van der Waals surface area (Å²) in [6.45, 7) is 7.34. The number of urea groups is 1. The Balaban J connectivity index is 1.93. The predicted molar refractivity (Wildman–Crippen MR) is 71.8 cm³/mol. The third-order valence-electron chi connectivity index (χ3n) is 4.01. The lowest BCUT2D eigenvalue weighted by Crippen LogP contribution is -2.63. The monoisotopic (exact) mass is 248 g/mol. The van der Waals surface area contributed by atoms with Crippen LogP contribution in [0.15, 0.2) is 30.3 Å². The molecule has 2 amide bonds. The van der Waals surface area contributed by atoms with Crippen molar-refractivity contribution in [3.63, 3.8) is 0 Å². The van der Waals surface area contributed by atoms with Gasteiger partial charge in [-0.2, -0.15) is 0 Å². The van der Waals surface area contributed by atoms with E-state index in [2.05, 4.69) is 29.2 Å². The molecule has 1 aromatic carbocycles. The van der Waals surface area contributed by atoms with Crippen molar-refractivity contribution in [1.82, 2.24) is 4.90 Å². The molecule has 0 radical (unpaired) electrons. The number of primary amides is 1. The Morgan fingerprint density at radius 2 is 1.89 bits per heavy atom. The molecule has 4 nitrogen and oxygen atoms in total. The normalized spacial score (nSPS) is 19.6. The van der Waals surface area contributed by atoms with E-state index >= 15 is 0 Å². The summed E-state index contributed by atoms with van der Waals surface area (Å²) < 4.78 is 0.436. The molecule has 4 heteroatoms. The standard InChI is InChI=1S/C14H21N3O/c1-2-17(14(15)18)10-8-16(9-11-17)12-13-6-4-3-5-7-13/h3-7H,2,8-12H2,1H3,(H-,15,18)/p+1. The number of rotatable bonds is 3. The predicted octanol–water partition coefficient (Wildman–Crippen LogP) is 1.42. The first-order valence-electron chi connectivity index (χ1n) is 6.59. The van der Waals surface area contributed by atoms with Gasteiger partial charge in [-0.15, -0.1) is 0 Å². The van der Waals surface area contributed by atoms with Crippen molar-refractivity contribution in [3.8, 4) is 0 Å². The largest absolute Gasteiger partial charge is 0.414 e. The zero-order valence-corrected chi connectivity index (χ0v) is 11.0. The number of nitrogens with zero attached hydrogens (tertiary/aromatic N) is 2. The fourth-order valence-electron chi connectivity index (χ4n) is 2.58. The maximum atomic E-state index is 11.5. The van der Waals surface area contributed by atoms with E-state index in [0.717, 1.165) is 39.3 Å². The van der Waals surface area contributed by atoms with Crippen molar-refractivity contribution in [2.75, 3.05) is 32.7 Å². The van der Waals surface area contributed by atoms with E-state index in [4.69, 9.17) is 5.73 Å². The quantitative estimate of drug-likeness (QED) is 0.822. The Labute approximate surface area is 109 Å². The molecule has 18 heavy (non-hydrogen) atoms. The minimum atomic E-state index is -0.183. The van der Waals surface area contributed by atoms with Gasteiger partial charge in [-0.25, -0.2) is 9.28 Å². The second kappa shape index (κ2) is 5.50. The first-order chi connectivity index (χ1) is 8.66. The molecule has 0 aromatic heterocycles. The molecule has 0 unspecified atom stereocenters. The summed E-state index contributed by atoms with van der Waals surface area (Å²) >= 11 is 0. The van der Waals surface area contributed by atoms with Crippen LogP contribution < -0.4 is 5.73 Å². The number of amides is 2. The summed E-state index contributed by atoms with van der Waals surface area (Å²) in [5.74, 6) is 0. The average molecular weight is 248 g/mol. The maximum Gasteiger partial charge on any atom is 0.414 e. The summed E-state index contributed by atoms with van der Waals surface area (Å²) in [5.41, 5.74) is 6.85. The first-order valence-corrected chi connectivity index (χ1v) is 6.59. The number of likely N-dealkylation sites (N-methyl/N-ethyl adjacent to an activating group) is 1. The lowest BCUT2D eigenvalue weighted by molar-refractivity contribution is -0.852. The topological polar surface area (TPSA) is 46.3 Å². The van der Waals surface area contributed by atoms with Gasteiger partial charge in [0.05, 0.1) is 6.54 Å². The summed E-state index contributed by atoms with van der Waals surface area (Å²) in [6.07, 6.45) is 0. The molecule has 1 saturated heterocycles. The second-order valence-corrected chi connectivity index (χ2v) is 5.01. The Morgan fingerprint density at radius 3 is 2.39 bits per heavy atom. The van der Waals surface area contributed by atoms with Gasteiger partial charge in [0.1, 0.15) is 13.1 Å².